The van der Waals surface area contributed by atoms with Crippen molar-refractivity contribution in [2.75, 3.05) is 13.6 Å². The van der Waals surface area contributed by atoms with Gasteiger partial charge in [0.05, 0.1) is 0 Å². The van der Waals surface area contributed by atoms with Crippen molar-refractivity contribution < 1.29 is 4.52 Å². The molecule has 2 rings (SSSR count). The molecule has 1 aromatic heterocycles. The van der Waals surface area contributed by atoms with Gasteiger partial charge in [0.2, 0.25) is 5.89 Å². The Labute approximate surface area is 170 Å². The summed E-state index contributed by atoms with van der Waals surface area (Å²) in [6.45, 7) is 5.57. The number of benzene rings is 1. The third-order valence-corrected chi connectivity index (χ3v) is 3.71. The Morgan fingerprint density at radius 3 is 2.56 bits per heavy atom. The highest BCUT2D eigenvalue weighted by Gasteiger charge is 2.09. The molecular formula is C17H25ClIN5O. The van der Waals surface area contributed by atoms with E-state index >= 15 is 0 Å². The number of halogens is 2. The zero-order valence-corrected chi connectivity index (χ0v) is 17.8. The molecular weight excluding hydrogens is 453 g/mol. The molecule has 0 amide bonds. The van der Waals surface area contributed by atoms with Crippen LogP contribution in [0, 0.1) is 0 Å². The van der Waals surface area contributed by atoms with Gasteiger partial charge in [0, 0.05) is 37.5 Å². The summed E-state index contributed by atoms with van der Waals surface area (Å²) in [6.07, 6.45) is 1.64. The number of nitrogens with one attached hydrogen (secondary N) is 2. The zero-order chi connectivity index (χ0) is 17.4. The van der Waals surface area contributed by atoms with Gasteiger partial charge in [0.1, 0.15) is 0 Å². The van der Waals surface area contributed by atoms with Crippen LogP contribution in [-0.2, 0) is 13.0 Å². The van der Waals surface area contributed by atoms with Gasteiger partial charge < -0.3 is 15.2 Å². The van der Waals surface area contributed by atoms with Crippen molar-refractivity contribution in [1.29, 1.82) is 0 Å². The van der Waals surface area contributed by atoms with Crippen LogP contribution in [0.2, 0.25) is 5.02 Å². The lowest BCUT2D eigenvalue weighted by molar-refractivity contribution is 0.368. The number of aromatic nitrogens is 2. The SMILES string of the molecule is CN=C(NCCCc1nc(C(C)C)no1)NCc1ccc(Cl)cc1.I. The molecule has 8 heteroatoms. The standard InChI is InChI=1S/C17H24ClN5O.HI/c1-12(2)16-22-15(24-23-16)5-4-10-20-17(19-3)21-11-13-6-8-14(18)9-7-13;/h6-9,12H,4-5,10-11H2,1-3H3,(H2,19,20,21);1H. The highest BCUT2D eigenvalue weighted by Crippen LogP contribution is 2.10. The zero-order valence-electron chi connectivity index (χ0n) is 14.8. The van der Waals surface area contributed by atoms with Crippen LogP contribution in [0.5, 0.6) is 0 Å². The van der Waals surface area contributed by atoms with Crippen LogP contribution in [-0.4, -0.2) is 29.7 Å². The van der Waals surface area contributed by atoms with Gasteiger partial charge in [-0.25, -0.2) is 0 Å². The largest absolute Gasteiger partial charge is 0.356 e. The summed E-state index contributed by atoms with van der Waals surface area (Å²) in [5.74, 6) is 2.50. The smallest absolute Gasteiger partial charge is 0.226 e. The summed E-state index contributed by atoms with van der Waals surface area (Å²) >= 11 is 5.88. The number of aliphatic imine (C=N–C) groups is 1. The fraction of sp³-hybridized carbons (Fsp3) is 0.471. The molecule has 0 fully saturated rings. The van der Waals surface area contributed by atoms with E-state index in [0.29, 0.717) is 12.4 Å². The Hall–Kier alpha value is -1.35. The first kappa shape index (κ1) is 21.7. The second kappa shape index (κ2) is 11.3. The molecule has 2 N–H and O–H groups in total. The van der Waals surface area contributed by atoms with Crippen LogP contribution in [0.4, 0.5) is 0 Å². The fourth-order valence-electron chi connectivity index (χ4n) is 2.06. The highest BCUT2D eigenvalue weighted by atomic mass is 127. The molecule has 6 nitrogen and oxygen atoms in total. The number of hydrogen-bond donors (Lipinski definition) is 2. The van der Waals surface area contributed by atoms with E-state index in [9.17, 15) is 0 Å². The molecule has 0 atom stereocenters. The molecule has 2 aromatic rings. The molecule has 0 radical (unpaired) electrons. The number of guanidine groups is 1. The van der Waals surface area contributed by atoms with Crippen molar-refractivity contribution in [2.45, 2.75) is 39.2 Å². The van der Waals surface area contributed by atoms with Gasteiger partial charge in [0.25, 0.3) is 0 Å². The molecule has 0 aliphatic rings. The Balaban J connectivity index is 0.00000312. The predicted octanol–water partition coefficient (Wildman–Crippen LogP) is 3.76. The molecule has 138 valence electrons. The minimum absolute atomic E-state index is 0. The second-order valence-corrected chi connectivity index (χ2v) is 6.22. The monoisotopic (exact) mass is 477 g/mol. The first-order chi connectivity index (χ1) is 11.6. The third kappa shape index (κ3) is 7.60. The van der Waals surface area contributed by atoms with Crippen molar-refractivity contribution >= 4 is 41.5 Å². The summed E-state index contributed by atoms with van der Waals surface area (Å²) in [5, 5.41) is 11.2. The average Bonchev–Trinajstić information content (AvgIpc) is 3.05. The first-order valence-corrected chi connectivity index (χ1v) is 8.47. The maximum absolute atomic E-state index is 5.88. The quantitative estimate of drug-likeness (QED) is 0.275. The predicted molar refractivity (Wildman–Crippen MR) is 112 cm³/mol. The van der Waals surface area contributed by atoms with Crippen LogP contribution >= 0.6 is 35.6 Å². The van der Waals surface area contributed by atoms with E-state index in [4.69, 9.17) is 16.1 Å². The first-order valence-electron chi connectivity index (χ1n) is 8.10. The molecule has 0 bridgehead atoms. The number of hydrogen-bond acceptors (Lipinski definition) is 4. The maximum atomic E-state index is 5.88. The Kier molecular flexibility index (Phi) is 9.81. The normalized spacial score (nSPS) is 11.3. The van der Waals surface area contributed by atoms with E-state index in [-0.39, 0.29) is 29.9 Å². The van der Waals surface area contributed by atoms with Crippen LogP contribution in [0.15, 0.2) is 33.8 Å². The van der Waals surface area contributed by atoms with E-state index < -0.39 is 0 Å². The molecule has 25 heavy (non-hydrogen) atoms. The van der Waals surface area contributed by atoms with Crippen LogP contribution in [0.25, 0.3) is 0 Å². The Morgan fingerprint density at radius 1 is 1.24 bits per heavy atom. The van der Waals surface area contributed by atoms with Crippen molar-refractivity contribution in [2.24, 2.45) is 4.99 Å². The van der Waals surface area contributed by atoms with Gasteiger partial charge in [-0.1, -0.05) is 42.7 Å². The Bertz CT molecular complexity index is 657. The molecule has 0 spiro atoms. The average molecular weight is 478 g/mol. The minimum atomic E-state index is 0. The summed E-state index contributed by atoms with van der Waals surface area (Å²) < 4.78 is 5.23. The fourth-order valence-corrected chi connectivity index (χ4v) is 2.19. The molecule has 0 aliphatic carbocycles. The molecule has 0 saturated carbocycles. The maximum Gasteiger partial charge on any atom is 0.226 e. The topological polar surface area (TPSA) is 75.3 Å². The summed E-state index contributed by atoms with van der Waals surface area (Å²) in [7, 11) is 1.75. The van der Waals surface area contributed by atoms with Crippen molar-refractivity contribution in [3.05, 3.63) is 46.6 Å². The van der Waals surface area contributed by atoms with Crippen molar-refractivity contribution in [3.8, 4) is 0 Å². The van der Waals surface area contributed by atoms with E-state index in [1.165, 1.54) is 0 Å². The number of nitrogens with zero attached hydrogens (tertiary/aromatic N) is 3. The number of aryl methyl sites for hydroxylation is 1. The summed E-state index contributed by atoms with van der Waals surface area (Å²) in [6, 6.07) is 7.74. The van der Waals surface area contributed by atoms with Gasteiger partial charge in [-0.15, -0.1) is 24.0 Å². The molecule has 0 unspecified atom stereocenters. The Morgan fingerprint density at radius 2 is 1.96 bits per heavy atom. The lowest BCUT2D eigenvalue weighted by Gasteiger charge is -2.11. The summed E-state index contributed by atoms with van der Waals surface area (Å²) in [4.78, 5) is 8.58. The molecule has 0 aliphatic heterocycles. The van der Waals surface area contributed by atoms with Crippen LogP contribution in [0.3, 0.4) is 0 Å². The van der Waals surface area contributed by atoms with E-state index in [2.05, 4.69) is 25.8 Å². The van der Waals surface area contributed by atoms with Gasteiger partial charge in [-0.05, 0) is 24.1 Å². The second-order valence-electron chi connectivity index (χ2n) is 5.78. The van der Waals surface area contributed by atoms with Gasteiger partial charge in [0.15, 0.2) is 11.8 Å². The lowest BCUT2D eigenvalue weighted by atomic mass is 10.2. The molecule has 1 aromatic carbocycles. The summed E-state index contributed by atoms with van der Waals surface area (Å²) in [5.41, 5.74) is 1.15. The van der Waals surface area contributed by atoms with E-state index in [1.807, 2.05) is 38.1 Å². The van der Waals surface area contributed by atoms with Crippen molar-refractivity contribution in [3.63, 3.8) is 0 Å². The van der Waals surface area contributed by atoms with Crippen LogP contribution in [0.1, 0.15) is 43.5 Å². The third-order valence-electron chi connectivity index (χ3n) is 3.46. The molecule has 1 heterocycles. The van der Waals surface area contributed by atoms with Gasteiger partial charge >= 0.3 is 0 Å². The van der Waals surface area contributed by atoms with Gasteiger partial charge in [-0.2, -0.15) is 4.98 Å². The van der Waals surface area contributed by atoms with Crippen molar-refractivity contribution in [1.82, 2.24) is 20.8 Å². The van der Waals surface area contributed by atoms with E-state index in [0.717, 1.165) is 41.8 Å². The minimum Gasteiger partial charge on any atom is -0.356 e. The van der Waals surface area contributed by atoms with Crippen LogP contribution < -0.4 is 10.6 Å². The molecule has 0 saturated heterocycles. The highest BCUT2D eigenvalue weighted by molar-refractivity contribution is 14.0. The number of rotatable bonds is 7. The lowest BCUT2D eigenvalue weighted by Crippen LogP contribution is -2.37. The van der Waals surface area contributed by atoms with E-state index in [1.54, 1.807) is 7.05 Å². The van der Waals surface area contributed by atoms with Gasteiger partial charge in [-0.3, -0.25) is 4.99 Å².